The van der Waals surface area contributed by atoms with Gasteiger partial charge in [-0.25, -0.2) is 4.39 Å². The van der Waals surface area contributed by atoms with Gasteiger partial charge in [0, 0.05) is 31.7 Å². The number of aromatic hydroxyl groups is 1. The number of piperazine rings is 1. The van der Waals surface area contributed by atoms with Crippen molar-refractivity contribution in [2.24, 2.45) is 0 Å². The van der Waals surface area contributed by atoms with Crippen LogP contribution in [-0.2, 0) is 0 Å². The third-order valence-electron chi connectivity index (χ3n) is 3.28. The lowest BCUT2D eigenvalue weighted by Crippen LogP contribution is -2.45. The van der Waals surface area contributed by atoms with E-state index >= 15 is 0 Å². The minimum Gasteiger partial charge on any atom is -0.508 e. The zero-order valence-electron chi connectivity index (χ0n) is 10.5. The summed E-state index contributed by atoms with van der Waals surface area (Å²) < 4.78 is 13.3. The van der Waals surface area contributed by atoms with Crippen molar-refractivity contribution in [3.63, 3.8) is 0 Å². The molecule has 1 aromatic carbocycles. The lowest BCUT2D eigenvalue weighted by atomic mass is 10.0. The molecule has 0 aromatic heterocycles. The Morgan fingerprint density at radius 2 is 2.06 bits per heavy atom. The Labute approximate surface area is 113 Å². The van der Waals surface area contributed by atoms with Gasteiger partial charge in [-0.15, -0.1) is 12.4 Å². The van der Waals surface area contributed by atoms with Gasteiger partial charge in [0.15, 0.2) is 0 Å². The normalized spacial score (nSPS) is 18.1. The number of phenolic OH excluding ortho intramolecular Hbond substituents is 1. The Balaban J connectivity index is 0.00000162. The highest BCUT2D eigenvalue weighted by atomic mass is 35.5. The summed E-state index contributed by atoms with van der Waals surface area (Å²) in [6.45, 7) is 4.89. The number of aryl methyl sites for hydroxylation is 1. The van der Waals surface area contributed by atoms with Gasteiger partial charge in [-0.05, 0) is 13.0 Å². The van der Waals surface area contributed by atoms with E-state index in [9.17, 15) is 9.50 Å². The highest BCUT2D eigenvalue weighted by molar-refractivity contribution is 5.85. The molecule has 0 bridgehead atoms. The van der Waals surface area contributed by atoms with Crippen molar-refractivity contribution in [3.8, 4) is 5.75 Å². The molecule has 0 spiro atoms. The molecule has 0 aliphatic carbocycles. The molecule has 1 atom stereocenters. The van der Waals surface area contributed by atoms with Crippen LogP contribution in [0.3, 0.4) is 0 Å². The number of phenols is 1. The molecule has 102 valence electrons. The molecule has 1 saturated heterocycles. The molecule has 18 heavy (non-hydrogen) atoms. The van der Waals surface area contributed by atoms with Crippen molar-refractivity contribution in [2.45, 2.75) is 13.0 Å². The number of nitrogens with zero attached hydrogens (tertiary/aromatic N) is 1. The average molecular weight is 275 g/mol. The van der Waals surface area contributed by atoms with Gasteiger partial charge in [0.05, 0.1) is 6.04 Å². The maximum Gasteiger partial charge on any atom is 0.120 e. The van der Waals surface area contributed by atoms with Crippen molar-refractivity contribution >= 4 is 12.4 Å². The van der Waals surface area contributed by atoms with Gasteiger partial charge in [-0.3, -0.25) is 4.90 Å². The minimum absolute atomic E-state index is 0. The first kappa shape index (κ1) is 15.2. The van der Waals surface area contributed by atoms with Crippen molar-refractivity contribution < 1.29 is 9.50 Å². The molecule has 1 aliphatic heterocycles. The van der Waals surface area contributed by atoms with Gasteiger partial charge in [-0.2, -0.15) is 0 Å². The number of benzene rings is 1. The second kappa shape index (κ2) is 6.92. The third-order valence-corrected chi connectivity index (χ3v) is 3.28. The zero-order chi connectivity index (χ0) is 12.3. The van der Waals surface area contributed by atoms with Crippen LogP contribution in [0.25, 0.3) is 0 Å². The van der Waals surface area contributed by atoms with Gasteiger partial charge in [0.1, 0.15) is 12.4 Å². The SMILES string of the molecule is Cc1ccc(O)c([C@@H](CF)N2CCNCC2)c1.Cl. The van der Waals surface area contributed by atoms with Crippen LogP contribution in [0, 0.1) is 6.92 Å². The summed E-state index contributed by atoms with van der Waals surface area (Å²) in [5.41, 5.74) is 1.75. The van der Waals surface area contributed by atoms with Crippen molar-refractivity contribution in [1.29, 1.82) is 0 Å². The van der Waals surface area contributed by atoms with Gasteiger partial charge in [-0.1, -0.05) is 17.7 Å². The summed E-state index contributed by atoms with van der Waals surface area (Å²) in [6, 6.07) is 5.04. The Kier molecular flexibility index (Phi) is 5.85. The van der Waals surface area contributed by atoms with Crippen LogP contribution in [0.4, 0.5) is 4.39 Å². The Morgan fingerprint density at radius 1 is 1.39 bits per heavy atom. The molecule has 3 nitrogen and oxygen atoms in total. The van der Waals surface area contributed by atoms with E-state index in [0.29, 0.717) is 5.56 Å². The number of hydrogen-bond acceptors (Lipinski definition) is 3. The molecular formula is C13H20ClFN2O. The van der Waals surface area contributed by atoms with E-state index in [0.717, 1.165) is 31.7 Å². The van der Waals surface area contributed by atoms with Crippen LogP contribution in [0.5, 0.6) is 5.75 Å². The standard InChI is InChI=1S/C13H19FN2O.ClH/c1-10-2-3-13(17)11(8-10)12(9-14)16-6-4-15-5-7-16;/h2-3,8,12,15,17H,4-7,9H2,1H3;1H/t12-;/m1./s1. The predicted octanol–water partition coefficient (Wildman–Crippen LogP) is 2.04. The Hall–Kier alpha value is -0.840. The summed E-state index contributed by atoms with van der Waals surface area (Å²) in [7, 11) is 0. The number of rotatable bonds is 3. The predicted molar refractivity (Wildman–Crippen MR) is 73.3 cm³/mol. The Morgan fingerprint density at radius 3 is 2.67 bits per heavy atom. The topological polar surface area (TPSA) is 35.5 Å². The monoisotopic (exact) mass is 274 g/mol. The van der Waals surface area contributed by atoms with E-state index < -0.39 is 6.67 Å². The van der Waals surface area contributed by atoms with Crippen LogP contribution >= 0.6 is 12.4 Å². The van der Waals surface area contributed by atoms with Crippen molar-refractivity contribution in [2.75, 3.05) is 32.9 Å². The van der Waals surface area contributed by atoms with Gasteiger partial charge in [0.2, 0.25) is 0 Å². The largest absolute Gasteiger partial charge is 0.508 e. The summed E-state index contributed by atoms with van der Waals surface area (Å²) in [5.74, 6) is 0.191. The molecule has 0 amide bonds. The van der Waals surface area contributed by atoms with E-state index in [4.69, 9.17) is 0 Å². The molecule has 5 heteroatoms. The fraction of sp³-hybridized carbons (Fsp3) is 0.538. The lowest BCUT2D eigenvalue weighted by Gasteiger charge is -2.34. The van der Waals surface area contributed by atoms with Crippen LogP contribution in [0.2, 0.25) is 0 Å². The molecule has 0 saturated carbocycles. The molecule has 1 fully saturated rings. The van der Waals surface area contributed by atoms with Gasteiger partial charge >= 0.3 is 0 Å². The maximum atomic E-state index is 13.3. The number of hydrogen-bond donors (Lipinski definition) is 2. The fourth-order valence-electron chi connectivity index (χ4n) is 2.31. The second-order valence-corrected chi connectivity index (χ2v) is 4.52. The highest BCUT2D eigenvalue weighted by Crippen LogP contribution is 2.30. The summed E-state index contributed by atoms with van der Waals surface area (Å²) in [4.78, 5) is 2.09. The molecule has 1 heterocycles. The molecule has 1 aromatic rings. The lowest BCUT2D eigenvalue weighted by molar-refractivity contribution is 0.145. The van der Waals surface area contributed by atoms with Crippen molar-refractivity contribution in [1.82, 2.24) is 10.2 Å². The van der Waals surface area contributed by atoms with Crippen LogP contribution in [0.15, 0.2) is 18.2 Å². The van der Waals surface area contributed by atoms with Crippen LogP contribution in [-0.4, -0.2) is 42.9 Å². The fourth-order valence-corrected chi connectivity index (χ4v) is 2.31. The Bertz CT molecular complexity index is 383. The van der Waals surface area contributed by atoms with E-state index in [-0.39, 0.29) is 24.2 Å². The quantitative estimate of drug-likeness (QED) is 0.885. The number of nitrogens with one attached hydrogen (secondary N) is 1. The second-order valence-electron chi connectivity index (χ2n) is 4.52. The summed E-state index contributed by atoms with van der Waals surface area (Å²) >= 11 is 0. The van der Waals surface area contributed by atoms with Crippen molar-refractivity contribution in [3.05, 3.63) is 29.3 Å². The summed E-state index contributed by atoms with van der Waals surface area (Å²) in [6.07, 6.45) is 0. The number of alkyl halides is 1. The average Bonchev–Trinajstić information content (AvgIpc) is 2.36. The highest BCUT2D eigenvalue weighted by Gasteiger charge is 2.24. The van der Waals surface area contributed by atoms with Crippen LogP contribution in [0.1, 0.15) is 17.2 Å². The minimum atomic E-state index is -0.461. The first-order valence-corrected chi connectivity index (χ1v) is 6.02. The molecular weight excluding hydrogens is 255 g/mol. The first-order chi connectivity index (χ1) is 8.22. The number of halogens is 2. The molecule has 2 rings (SSSR count). The summed E-state index contributed by atoms with van der Waals surface area (Å²) in [5, 5.41) is 13.1. The van der Waals surface area contributed by atoms with E-state index in [2.05, 4.69) is 10.2 Å². The third kappa shape index (κ3) is 3.34. The molecule has 2 N–H and O–H groups in total. The smallest absolute Gasteiger partial charge is 0.120 e. The van der Waals surface area contributed by atoms with Gasteiger partial charge in [0.25, 0.3) is 0 Å². The zero-order valence-corrected chi connectivity index (χ0v) is 11.3. The van der Waals surface area contributed by atoms with Crippen LogP contribution < -0.4 is 5.32 Å². The molecule has 0 radical (unpaired) electrons. The van der Waals surface area contributed by atoms with E-state index in [1.54, 1.807) is 6.07 Å². The van der Waals surface area contributed by atoms with E-state index in [1.807, 2.05) is 19.1 Å². The first-order valence-electron chi connectivity index (χ1n) is 6.02. The maximum absolute atomic E-state index is 13.3. The van der Waals surface area contributed by atoms with Gasteiger partial charge < -0.3 is 10.4 Å². The van der Waals surface area contributed by atoms with E-state index in [1.165, 1.54) is 0 Å². The molecule has 0 unspecified atom stereocenters. The molecule has 1 aliphatic rings.